The Hall–Kier alpha value is -2.86. The second-order valence-electron chi connectivity index (χ2n) is 4.66. The SMILES string of the molecule is NC(=O)c1cccc(NC(=O)CNC(=O)c2ccccc2Cl)c1. The minimum atomic E-state index is -0.590. The average Bonchev–Trinajstić information content (AvgIpc) is 2.53. The van der Waals surface area contributed by atoms with Gasteiger partial charge < -0.3 is 16.4 Å². The number of nitrogens with two attached hydrogens (primary N) is 1. The van der Waals surface area contributed by atoms with Crippen molar-refractivity contribution >= 4 is 35.0 Å². The van der Waals surface area contributed by atoms with Crippen molar-refractivity contribution in [3.8, 4) is 0 Å². The molecule has 3 amide bonds. The smallest absolute Gasteiger partial charge is 0.253 e. The normalized spacial score (nSPS) is 9.96. The number of anilines is 1. The lowest BCUT2D eigenvalue weighted by Gasteiger charge is -2.08. The van der Waals surface area contributed by atoms with E-state index in [4.69, 9.17) is 17.3 Å². The summed E-state index contributed by atoms with van der Waals surface area (Å²) in [6.07, 6.45) is 0. The van der Waals surface area contributed by atoms with Crippen molar-refractivity contribution in [1.82, 2.24) is 5.32 Å². The number of nitrogens with one attached hydrogen (secondary N) is 2. The van der Waals surface area contributed by atoms with Crippen LogP contribution in [-0.4, -0.2) is 24.3 Å². The molecule has 2 rings (SSSR count). The fourth-order valence-corrected chi connectivity index (χ4v) is 2.08. The number of rotatable bonds is 5. The summed E-state index contributed by atoms with van der Waals surface area (Å²) < 4.78 is 0. The molecule has 23 heavy (non-hydrogen) atoms. The van der Waals surface area contributed by atoms with Crippen molar-refractivity contribution < 1.29 is 14.4 Å². The first kappa shape index (κ1) is 16.5. The summed E-state index contributed by atoms with van der Waals surface area (Å²) in [6.45, 7) is -0.231. The molecule has 0 spiro atoms. The third kappa shape index (κ3) is 4.55. The molecule has 6 nitrogen and oxygen atoms in total. The van der Waals surface area contributed by atoms with Gasteiger partial charge in [-0.1, -0.05) is 29.8 Å². The van der Waals surface area contributed by atoms with E-state index in [0.717, 1.165) is 0 Å². The van der Waals surface area contributed by atoms with Crippen LogP contribution in [0.15, 0.2) is 48.5 Å². The van der Waals surface area contributed by atoms with Crippen LogP contribution in [0.3, 0.4) is 0 Å². The van der Waals surface area contributed by atoms with E-state index in [-0.39, 0.29) is 17.7 Å². The highest BCUT2D eigenvalue weighted by atomic mass is 35.5. The zero-order valence-corrected chi connectivity index (χ0v) is 12.8. The Morgan fingerprint density at radius 1 is 1.04 bits per heavy atom. The first-order valence-corrected chi connectivity index (χ1v) is 7.07. The minimum Gasteiger partial charge on any atom is -0.366 e. The lowest BCUT2D eigenvalue weighted by molar-refractivity contribution is -0.115. The van der Waals surface area contributed by atoms with Gasteiger partial charge in [0.2, 0.25) is 11.8 Å². The lowest BCUT2D eigenvalue weighted by Crippen LogP contribution is -2.33. The minimum absolute atomic E-state index is 0.231. The van der Waals surface area contributed by atoms with Crippen molar-refractivity contribution in [3.63, 3.8) is 0 Å². The number of hydrogen-bond acceptors (Lipinski definition) is 3. The number of halogens is 1. The van der Waals surface area contributed by atoms with E-state index in [1.165, 1.54) is 12.1 Å². The van der Waals surface area contributed by atoms with Crippen molar-refractivity contribution in [1.29, 1.82) is 0 Å². The third-order valence-corrected chi connectivity index (χ3v) is 3.29. The van der Waals surface area contributed by atoms with E-state index in [1.807, 2.05) is 0 Å². The Balaban J connectivity index is 1.93. The van der Waals surface area contributed by atoms with E-state index in [9.17, 15) is 14.4 Å². The van der Waals surface area contributed by atoms with E-state index >= 15 is 0 Å². The summed E-state index contributed by atoms with van der Waals surface area (Å²) in [4.78, 5) is 34.9. The van der Waals surface area contributed by atoms with Crippen LogP contribution in [0.2, 0.25) is 5.02 Å². The van der Waals surface area contributed by atoms with Crippen molar-refractivity contribution in [2.75, 3.05) is 11.9 Å². The van der Waals surface area contributed by atoms with Gasteiger partial charge >= 0.3 is 0 Å². The first-order chi connectivity index (χ1) is 11.0. The molecule has 2 aromatic rings. The van der Waals surface area contributed by atoms with Crippen LogP contribution in [0.25, 0.3) is 0 Å². The predicted molar refractivity (Wildman–Crippen MR) is 87.4 cm³/mol. The maximum Gasteiger partial charge on any atom is 0.253 e. The van der Waals surface area contributed by atoms with E-state index < -0.39 is 17.7 Å². The van der Waals surface area contributed by atoms with Crippen LogP contribution >= 0.6 is 11.6 Å². The highest BCUT2D eigenvalue weighted by molar-refractivity contribution is 6.33. The fourth-order valence-electron chi connectivity index (χ4n) is 1.86. The highest BCUT2D eigenvalue weighted by Gasteiger charge is 2.11. The van der Waals surface area contributed by atoms with Gasteiger partial charge in [0.05, 0.1) is 17.1 Å². The van der Waals surface area contributed by atoms with Gasteiger partial charge in [0.1, 0.15) is 0 Å². The standard InChI is InChI=1S/C16H14ClN3O3/c17-13-7-2-1-6-12(13)16(23)19-9-14(21)20-11-5-3-4-10(8-11)15(18)22/h1-8H,9H2,(H2,18,22)(H,19,23)(H,20,21). The summed E-state index contributed by atoms with van der Waals surface area (Å²) in [5, 5.41) is 5.34. The molecule has 0 unspecified atom stereocenters. The quantitative estimate of drug-likeness (QED) is 0.778. The summed E-state index contributed by atoms with van der Waals surface area (Å²) in [7, 11) is 0. The second kappa shape index (κ2) is 7.42. The third-order valence-electron chi connectivity index (χ3n) is 2.96. The number of primary amides is 1. The molecule has 118 valence electrons. The highest BCUT2D eigenvalue weighted by Crippen LogP contribution is 2.14. The topological polar surface area (TPSA) is 101 Å². The Kier molecular flexibility index (Phi) is 5.32. The van der Waals surface area contributed by atoms with Gasteiger partial charge in [-0.3, -0.25) is 14.4 Å². The van der Waals surface area contributed by atoms with Crippen molar-refractivity contribution in [3.05, 3.63) is 64.7 Å². The number of carbonyl (C=O) groups is 3. The molecule has 0 heterocycles. The summed E-state index contributed by atoms with van der Waals surface area (Å²) in [6, 6.07) is 12.7. The van der Waals surface area contributed by atoms with Gasteiger partial charge in [0.15, 0.2) is 0 Å². The number of hydrogen-bond donors (Lipinski definition) is 3. The monoisotopic (exact) mass is 331 g/mol. The van der Waals surface area contributed by atoms with Gasteiger partial charge in [-0.2, -0.15) is 0 Å². The molecular weight excluding hydrogens is 318 g/mol. The Morgan fingerprint density at radius 2 is 1.78 bits per heavy atom. The fraction of sp³-hybridized carbons (Fsp3) is 0.0625. The molecular formula is C16H14ClN3O3. The van der Waals surface area contributed by atoms with E-state index in [2.05, 4.69) is 10.6 Å². The van der Waals surface area contributed by atoms with E-state index in [1.54, 1.807) is 36.4 Å². The van der Waals surface area contributed by atoms with Gasteiger partial charge in [0.25, 0.3) is 5.91 Å². The largest absolute Gasteiger partial charge is 0.366 e. The molecule has 2 aromatic carbocycles. The summed E-state index contributed by atoms with van der Waals surface area (Å²) in [5.41, 5.74) is 6.15. The molecule has 0 aliphatic rings. The lowest BCUT2D eigenvalue weighted by atomic mass is 10.2. The first-order valence-electron chi connectivity index (χ1n) is 6.70. The van der Waals surface area contributed by atoms with Crippen LogP contribution in [0.5, 0.6) is 0 Å². The van der Waals surface area contributed by atoms with E-state index in [0.29, 0.717) is 10.7 Å². The summed E-state index contributed by atoms with van der Waals surface area (Å²) >= 11 is 5.91. The maximum absolute atomic E-state index is 11.9. The summed E-state index contributed by atoms with van der Waals surface area (Å²) in [5.74, 6) is -1.48. The average molecular weight is 332 g/mol. The number of benzene rings is 2. The van der Waals surface area contributed by atoms with Crippen LogP contribution < -0.4 is 16.4 Å². The van der Waals surface area contributed by atoms with Gasteiger partial charge in [0, 0.05) is 11.3 Å². The molecule has 0 saturated heterocycles. The molecule has 7 heteroatoms. The van der Waals surface area contributed by atoms with Gasteiger partial charge in [-0.05, 0) is 30.3 Å². The molecule has 0 fully saturated rings. The van der Waals surface area contributed by atoms with Crippen molar-refractivity contribution in [2.45, 2.75) is 0 Å². The van der Waals surface area contributed by atoms with Crippen LogP contribution in [0.1, 0.15) is 20.7 Å². The molecule has 0 aliphatic carbocycles. The molecule has 0 bridgehead atoms. The van der Waals surface area contributed by atoms with Crippen LogP contribution in [0.4, 0.5) is 5.69 Å². The zero-order chi connectivity index (χ0) is 16.8. The predicted octanol–water partition coefficient (Wildman–Crippen LogP) is 1.81. The zero-order valence-electron chi connectivity index (χ0n) is 12.0. The number of carbonyl (C=O) groups excluding carboxylic acids is 3. The maximum atomic E-state index is 11.9. The molecule has 0 aromatic heterocycles. The Labute approximate surface area is 137 Å². The second-order valence-corrected chi connectivity index (χ2v) is 5.06. The van der Waals surface area contributed by atoms with Crippen LogP contribution in [0, 0.1) is 0 Å². The number of amides is 3. The van der Waals surface area contributed by atoms with Gasteiger partial charge in [-0.25, -0.2) is 0 Å². The molecule has 0 radical (unpaired) electrons. The van der Waals surface area contributed by atoms with Crippen molar-refractivity contribution in [2.24, 2.45) is 5.73 Å². The Bertz CT molecular complexity index is 762. The Morgan fingerprint density at radius 3 is 2.48 bits per heavy atom. The molecule has 0 atom stereocenters. The van der Waals surface area contributed by atoms with Crippen LogP contribution in [-0.2, 0) is 4.79 Å². The molecule has 0 saturated carbocycles. The van der Waals surface area contributed by atoms with Gasteiger partial charge in [-0.15, -0.1) is 0 Å². The molecule has 4 N–H and O–H groups in total. The molecule has 0 aliphatic heterocycles.